The Morgan fingerprint density at radius 1 is 0.846 bits per heavy atom. The number of para-hydroxylation sites is 1. The minimum absolute atomic E-state index is 0.0663. The lowest BCUT2D eigenvalue weighted by Crippen LogP contribution is -2.50. The zero-order chi connectivity index (χ0) is 26.6. The average Bonchev–Trinajstić information content (AvgIpc) is 3.51. The minimum Gasteiger partial charge on any atom is -0.489 e. The van der Waals surface area contributed by atoms with Crippen molar-refractivity contribution in [1.29, 1.82) is 0 Å². The van der Waals surface area contributed by atoms with Gasteiger partial charge >= 0.3 is 0 Å². The zero-order valence-corrected chi connectivity index (χ0v) is 23.0. The first-order valence-corrected chi connectivity index (χ1v) is 15.0. The third-order valence-corrected chi connectivity index (χ3v) is 8.92. The highest BCUT2D eigenvalue weighted by Crippen LogP contribution is 2.39. The lowest BCUT2D eigenvalue weighted by atomic mass is 9.83. The number of piperazine rings is 2. The number of benzene rings is 2. The first-order chi connectivity index (χ1) is 19.2. The molecule has 0 bridgehead atoms. The Morgan fingerprint density at radius 2 is 1.64 bits per heavy atom. The Labute approximate surface area is 231 Å². The molecule has 4 fully saturated rings. The van der Waals surface area contributed by atoms with Crippen LogP contribution in [-0.4, -0.2) is 82.4 Å². The third-order valence-electron chi connectivity index (χ3n) is 8.92. The van der Waals surface area contributed by atoms with Gasteiger partial charge in [-0.1, -0.05) is 25.3 Å². The fourth-order valence-electron chi connectivity index (χ4n) is 6.72. The summed E-state index contributed by atoms with van der Waals surface area (Å²) >= 11 is 0. The summed E-state index contributed by atoms with van der Waals surface area (Å²) in [7, 11) is 0. The summed E-state index contributed by atoms with van der Waals surface area (Å²) in [4.78, 5) is 20.0. The molecule has 1 saturated carbocycles. The molecule has 1 aliphatic carbocycles. The molecule has 0 unspecified atom stereocenters. The van der Waals surface area contributed by atoms with Crippen molar-refractivity contribution in [2.24, 2.45) is 0 Å². The van der Waals surface area contributed by atoms with Crippen molar-refractivity contribution in [1.82, 2.24) is 15.5 Å². The highest BCUT2D eigenvalue weighted by atomic mass is 19.1. The van der Waals surface area contributed by atoms with E-state index < -0.39 is 0 Å². The van der Waals surface area contributed by atoms with Gasteiger partial charge in [0.25, 0.3) is 5.91 Å². The van der Waals surface area contributed by atoms with Crippen LogP contribution in [0.1, 0.15) is 60.4 Å². The van der Waals surface area contributed by atoms with E-state index >= 15 is 4.39 Å². The van der Waals surface area contributed by atoms with Gasteiger partial charge in [0.2, 0.25) is 0 Å². The molecule has 0 radical (unpaired) electrons. The van der Waals surface area contributed by atoms with E-state index in [4.69, 9.17) is 4.74 Å². The number of amides is 1. The molecule has 1 amide bonds. The predicted molar refractivity (Wildman–Crippen MR) is 154 cm³/mol. The van der Waals surface area contributed by atoms with Crippen molar-refractivity contribution in [2.75, 3.05) is 75.2 Å². The van der Waals surface area contributed by atoms with Crippen molar-refractivity contribution < 1.29 is 13.9 Å². The number of hydrogen-bond acceptors (Lipinski definition) is 6. The van der Waals surface area contributed by atoms with E-state index in [1.807, 2.05) is 23.1 Å². The molecule has 3 heterocycles. The fourth-order valence-corrected chi connectivity index (χ4v) is 6.72. The van der Waals surface area contributed by atoms with Crippen molar-refractivity contribution in [3.63, 3.8) is 0 Å². The van der Waals surface area contributed by atoms with E-state index in [1.54, 1.807) is 12.1 Å². The minimum atomic E-state index is -0.184. The van der Waals surface area contributed by atoms with Crippen LogP contribution in [0.25, 0.3) is 0 Å². The molecular weight excluding hydrogens is 493 g/mol. The summed E-state index contributed by atoms with van der Waals surface area (Å²) in [6.45, 7) is 7.84. The number of hydrogen-bond donors (Lipinski definition) is 2. The Kier molecular flexibility index (Phi) is 8.21. The molecule has 8 heteroatoms. The summed E-state index contributed by atoms with van der Waals surface area (Å²) in [6, 6.07) is 11.5. The van der Waals surface area contributed by atoms with Crippen LogP contribution in [0.5, 0.6) is 5.75 Å². The van der Waals surface area contributed by atoms with E-state index in [0.29, 0.717) is 37.8 Å². The zero-order valence-electron chi connectivity index (χ0n) is 23.0. The van der Waals surface area contributed by atoms with Crippen LogP contribution >= 0.6 is 0 Å². The third kappa shape index (κ3) is 5.87. The monoisotopic (exact) mass is 535 g/mol. The van der Waals surface area contributed by atoms with Crippen molar-refractivity contribution in [3.8, 4) is 5.75 Å². The Morgan fingerprint density at radius 3 is 2.38 bits per heavy atom. The lowest BCUT2D eigenvalue weighted by molar-refractivity contribution is 0.0746. The van der Waals surface area contributed by atoms with Gasteiger partial charge in [0.05, 0.1) is 11.4 Å². The van der Waals surface area contributed by atoms with E-state index in [-0.39, 0.29) is 17.8 Å². The molecule has 3 saturated heterocycles. The molecule has 4 aliphatic rings. The number of carbonyl (C=O) groups excluding carboxylic acids is 1. The summed E-state index contributed by atoms with van der Waals surface area (Å²) in [5, 5.41) is 6.76. The highest BCUT2D eigenvalue weighted by molar-refractivity contribution is 5.95. The molecule has 2 aromatic carbocycles. The molecule has 6 rings (SSSR count). The van der Waals surface area contributed by atoms with Crippen LogP contribution in [-0.2, 0) is 0 Å². The van der Waals surface area contributed by atoms with Crippen LogP contribution in [0.4, 0.5) is 15.8 Å². The molecule has 1 atom stereocenters. The molecule has 0 spiro atoms. The van der Waals surface area contributed by atoms with Crippen LogP contribution in [0, 0.1) is 5.82 Å². The SMILES string of the molecule is O=C(c1ccc(O[C@H]2CCNC2)c(C2CCCCC2)c1)N1CCN(c2c(F)cccc2N2CCNCC2)CC1. The van der Waals surface area contributed by atoms with E-state index in [9.17, 15) is 4.79 Å². The number of nitrogens with zero attached hydrogens (tertiary/aromatic N) is 3. The molecule has 3 aliphatic heterocycles. The fraction of sp³-hybridized carbons (Fsp3) is 0.581. The Bertz CT molecular complexity index is 1130. The summed E-state index contributed by atoms with van der Waals surface area (Å²) < 4.78 is 21.6. The van der Waals surface area contributed by atoms with Gasteiger partial charge in [-0.25, -0.2) is 4.39 Å². The van der Waals surface area contributed by atoms with Gasteiger partial charge in [-0.3, -0.25) is 4.79 Å². The first kappa shape index (κ1) is 26.4. The number of nitrogens with one attached hydrogen (secondary N) is 2. The maximum absolute atomic E-state index is 15.1. The summed E-state index contributed by atoms with van der Waals surface area (Å²) in [5.41, 5.74) is 3.59. The van der Waals surface area contributed by atoms with E-state index in [0.717, 1.165) is 75.5 Å². The molecule has 39 heavy (non-hydrogen) atoms. The maximum atomic E-state index is 15.1. The van der Waals surface area contributed by atoms with Gasteiger partial charge in [-0.05, 0) is 67.6 Å². The molecule has 210 valence electrons. The molecule has 2 aromatic rings. The predicted octanol–water partition coefficient (Wildman–Crippen LogP) is 3.99. The normalized spacial score (nSPS) is 22.8. The Balaban J connectivity index is 1.17. The van der Waals surface area contributed by atoms with Crippen LogP contribution in [0.2, 0.25) is 0 Å². The van der Waals surface area contributed by atoms with Crippen molar-refractivity contribution in [3.05, 3.63) is 53.3 Å². The van der Waals surface area contributed by atoms with Gasteiger partial charge in [0.15, 0.2) is 0 Å². The van der Waals surface area contributed by atoms with E-state index in [2.05, 4.69) is 26.5 Å². The summed E-state index contributed by atoms with van der Waals surface area (Å²) in [5.74, 6) is 1.29. The second-order valence-corrected chi connectivity index (χ2v) is 11.4. The second-order valence-electron chi connectivity index (χ2n) is 11.4. The largest absolute Gasteiger partial charge is 0.489 e. The quantitative estimate of drug-likeness (QED) is 0.584. The highest BCUT2D eigenvalue weighted by Gasteiger charge is 2.29. The van der Waals surface area contributed by atoms with E-state index in [1.165, 1.54) is 24.8 Å². The maximum Gasteiger partial charge on any atom is 0.253 e. The number of carbonyl (C=O) groups is 1. The average molecular weight is 536 g/mol. The molecule has 7 nitrogen and oxygen atoms in total. The lowest BCUT2D eigenvalue weighted by Gasteiger charge is -2.39. The van der Waals surface area contributed by atoms with Gasteiger partial charge < -0.3 is 30.1 Å². The topological polar surface area (TPSA) is 60.1 Å². The summed E-state index contributed by atoms with van der Waals surface area (Å²) in [6.07, 6.45) is 7.31. The van der Waals surface area contributed by atoms with Crippen LogP contribution in [0.3, 0.4) is 0 Å². The van der Waals surface area contributed by atoms with Crippen molar-refractivity contribution >= 4 is 17.3 Å². The molecular formula is C31H42FN5O2. The number of rotatable bonds is 6. The van der Waals surface area contributed by atoms with Gasteiger partial charge in [0, 0.05) is 64.5 Å². The van der Waals surface area contributed by atoms with Gasteiger partial charge in [-0.15, -0.1) is 0 Å². The number of ether oxygens (including phenoxy) is 1. The number of anilines is 2. The first-order valence-electron chi connectivity index (χ1n) is 15.0. The molecule has 2 N–H and O–H groups in total. The number of halogens is 1. The second kappa shape index (κ2) is 12.1. The standard InChI is InChI=1S/C31H42FN5O2/c32-27-7-4-8-28(35-15-13-33-14-16-35)30(27)36-17-19-37(20-18-36)31(38)24-9-10-29(39-25-11-12-34-22-25)26(21-24)23-5-2-1-3-6-23/h4,7-10,21,23,25,33-34H,1-3,5-6,11-20,22H2/t25-/m0/s1. The van der Waals surface area contributed by atoms with Crippen molar-refractivity contribution in [2.45, 2.75) is 50.5 Å². The van der Waals surface area contributed by atoms with Gasteiger partial charge in [0.1, 0.15) is 17.7 Å². The van der Waals surface area contributed by atoms with Crippen LogP contribution in [0.15, 0.2) is 36.4 Å². The van der Waals surface area contributed by atoms with Crippen LogP contribution < -0.4 is 25.2 Å². The van der Waals surface area contributed by atoms with Gasteiger partial charge in [-0.2, -0.15) is 0 Å². The molecule has 0 aromatic heterocycles. The Hall–Kier alpha value is -2.84. The smallest absolute Gasteiger partial charge is 0.253 e.